The number of nitriles is 1. The first-order chi connectivity index (χ1) is 10.6. The quantitative estimate of drug-likeness (QED) is 0.762. The van der Waals surface area contributed by atoms with Crippen LogP contribution in [0.2, 0.25) is 0 Å². The van der Waals surface area contributed by atoms with E-state index < -0.39 is 0 Å². The lowest BCUT2D eigenvalue weighted by molar-refractivity contribution is -0.0896. The maximum absolute atomic E-state index is 9.30. The first-order valence-corrected chi connectivity index (χ1v) is 8.81. The summed E-state index contributed by atoms with van der Waals surface area (Å²) >= 11 is 0. The first-order valence-electron chi connectivity index (χ1n) is 8.81. The van der Waals surface area contributed by atoms with E-state index in [-0.39, 0.29) is 5.54 Å². The predicted molar refractivity (Wildman–Crippen MR) is 86.7 cm³/mol. The first kappa shape index (κ1) is 16.2. The highest BCUT2D eigenvalue weighted by Crippen LogP contribution is 2.30. The zero-order chi connectivity index (χ0) is 15.6. The van der Waals surface area contributed by atoms with E-state index >= 15 is 0 Å². The van der Waals surface area contributed by atoms with E-state index in [1.165, 1.54) is 12.8 Å². The van der Waals surface area contributed by atoms with Crippen LogP contribution in [0, 0.1) is 11.3 Å². The summed E-state index contributed by atoms with van der Waals surface area (Å²) in [5, 5.41) is 9.30. The van der Waals surface area contributed by atoms with Gasteiger partial charge in [-0.2, -0.15) is 5.26 Å². The minimum Gasteiger partial charge on any atom is -0.378 e. The summed E-state index contributed by atoms with van der Waals surface area (Å²) < 4.78 is 5.32. The van der Waals surface area contributed by atoms with Crippen molar-refractivity contribution in [2.45, 2.75) is 50.7 Å². The molecule has 3 saturated heterocycles. The van der Waals surface area contributed by atoms with Crippen molar-refractivity contribution in [2.24, 2.45) is 0 Å². The molecule has 3 aliphatic heterocycles. The smallest absolute Gasteiger partial charge is 0.0645 e. The molecule has 0 bridgehead atoms. The third-order valence-corrected chi connectivity index (χ3v) is 5.95. The Morgan fingerprint density at radius 2 is 1.73 bits per heavy atom. The molecule has 1 atom stereocenters. The lowest BCUT2D eigenvalue weighted by atomic mass is 9.88. The average Bonchev–Trinajstić information content (AvgIpc) is 2.97. The second-order valence-corrected chi connectivity index (χ2v) is 7.49. The Labute approximate surface area is 134 Å². The average molecular weight is 306 g/mol. The molecule has 0 saturated carbocycles. The minimum atomic E-state index is 0.0717. The summed E-state index contributed by atoms with van der Waals surface area (Å²) in [5.74, 6) is 0. The summed E-state index contributed by atoms with van der Waals surface area (Å²) in [6, 6.07) is 3.45. The molecule has 5 nitrogen and oxygen atoms in total. The Balaban J connectivity index is 1.61. The number of hydrogen-bond donors (Lipinski definition) is 0. The van der Waals surface area contributed by atoms with Crippen LogP contribution >= 0.6 is 0 Å². The molecule has 0 amide bonds. The Bertz CT molecular complexity index is 401. The highest BCUT2D eigenvalue weighted by atomic mass is 16.5. The molecule has 3 heterocycles. The van der Waals surface area contributed by atoms with Gasteiger partial charge in [0, 0.05) is 37.8 Å². The van der Waals surface area contributed by atoms with Gasteiger partial charge < -0.3 is 4.74 Å². The SMILES string of the molecule is CC(C)(C(CC#N)N1CCCC1)N1CCN(C2COC2)CC1. The maximum atomic E-state index is 9.30. The highest BCUT2D eigenvalue weighted by molar-refractivity contribution is 5.01. The fourth-order valence-electron chi connectivity index (χ4n) is 4.27. The molecule has 3 aliphatic rings. The monoisotopic (exact) mass is 306 g/mol. The zero-order valence-electron chi connectivity index (χ0n) is 14.1. The molecule has 1 unspecified atom stereocenters. The van der Waals surface area contributed by atoms with Crippen LogP contribution in [0.3, 0.4) is 0 Å². The molecule has 3 fully saturated rings. The number of likely N-dealkylation sites (tertiary alicyclic amines) is 1. The Morgan fingerprint density at radius 3 is 2.23 bits per heavy atom. The van der Waals surface area contributed by atoms with Crippen molar-refractivity contribution in [3.05, 3.63) is 0 Å². The number of nitrogens with zero attached hydrogens (tertiary/aromatic N) is 4. The molecular formula is C17H30N4O. The molecule has 5 heteroatoms. The van der Waals surface area contributed by atoms with Gasteiger partial charge in [-0.25, -0.2) is 0 Å². The van der Waals surface area contributed by atoms with Crippen LogP contribution in [0.4, 0.5) is 0 Å². The normalized spacial score (nSPS) is 27.5. The molecule has 22 heavy (non-hydrogen) atoms. The van der Waals surface area contributed by atoms with Crippen molar-refractivity contribution in [1.29, 1.82) is 5.26 Å². The van der Waals surface area contributed by atoms with E-state index in [1.54, 1.807) is 0 Å². The summed E-state index contributed by atoms with van der Waals surface area (Å²) in [6.07, 6.45) is 3.21. The molecule has 0 N–H and O–H groups in total. The third kappa shape index (κ3) is 3.16. The van der Waals surface area contributed by atoms with E-state index in [4.69, 9.17) is 4.74 Å². The third-order valence-electron chi connectivity index (χ3n) is 5.95. The summed E-state index contributed by atoms with van der Waals surface area (Å²) in [6.45, 7) is 13.3. The van der Waals surface area contributed by atoms with Crippen LogP contribution in [0.5, 0.6) is 0 Å². The number of rotatable bonds is 5. The van der Waals surface area contributed by atoms with Gasteiger partial charge in [0.1, 0.15) is 0 Å². The molecule has 0 aromatic rings. The van der Waals surface area contributed by atoms with Crippen molar-refractivity contribution >= 4 is 0 Å². The number of piperazine rings is 1. The van der Waals surface area contributed by atoms with Crippen LogP contribution in [-0.2, 0) is 4.74 Å². The van der Waals surface area contributed by atoms with E-state index in [1.807, 2.05) is 0 Å². The summed E-state index contributed by atoms with van der Waals surface area (Å²) in [7, 11) is 0. The zero-order valence-corrected chi connectivity index (χ0v) is 14.1. The number of ether oxygens (including phenoxy) is 1. The van der Waals surface area contributed by atoms with Crippen LogP contribution in [-0.4, -0.2) is 84.8 Å². The van der Waals surface area contributed by atoms with Crippen LogP contribution in [0.1, 0.15) is 33.1 Å². The van der Waals surface area contributed by atoms with E-state index in [0.717, 1.165) is 52.5 Å². The van der Waals surface area contributed by atoms with Gasteiger partial charge in [0.25, 0.3) is 0 Å². The summed E-state index contributed by atoms with van der Waals surface area (Å²) in [5.41, 5.74) is 0.0717. The van der Waals surface area contributed by atoms with Crippen molar-refractivity contribution < 1.29 is 4.74 Å². The standard InChI is InChI=1S/C17H30N4O/c1-17(2,16(5-6-18)20-7-3-4-8-20)21-11-9-19(10-12-21)15-13-22-14-15/h15-16H,3-5,7-14H2,1-2H3. The second-order valence-electron chi connectivity index (χ2n) is 7.49. The summed E-state index contributed by atoms with van der Waals surface area (Å²) in [4.78, 5) is 7.74. The van der Waals surface area contributed by atoms with Gasteiger partial charge in [0.05, 0.1) is 31.7 Å². The highest BCUT2D eigenvalue weighted by Gasteiger charge is 2.41. The minimum absolute atomic E-state index is 0.0717. The van der Waals surface area contributed by atoms with Crippen molar-refractivity contribution in [2.75, 3.05) is 52.5 Å². The van der Waals surface area contributed by atoms with Crippen LogP contribution in [0.25, 0.3) is 0 Å². The molecule has 0 radical (unpaired) electrons. The van der Waals surface area contributed by atoms with Crippen molar-refractivity contribution in [3.63, 3.8) is 0 Å². The Kier molecular flexibility index (Phi) is 5.03. The molecule has 0 spiro atoms. The van der Waals surface area contributed by atoms with Gasteiger partial charge in [-0.15, -0.1) is 0 Å². The number of hydrogen-bond acceptors (Lipinski definition) is 5. The van der Waals surface area contributed by atoms with E-state index in [9.17, 15) is 5.26 Å². The lowest BCUT2D eigenvalue weighted by Gasteiger charge is -2.51. The topological polar surface area (TPSA) is 42.7 Å². The van der Waals surface area contributed by atoms with Crippen molar-refractivity contribution in [3.8, 4) is 6.07 Å². The van der Waals surface area contributed by atoms with Crippen LogP contribution < -0.4 is 0 Å². The maximum Gasteiger partial charge on any atom is 0.0645 e. The van der Waals surface area contributed by atoms with Gasteiger partial charge in [0.2, 0.25) is 0 Å². The second kappa shape index (κ2) is 6.84. The largest absolute Gasteiger partial charge is 0.378 e. The van der Waals surface area contributed by atoms with Gasteiger partial charge in [-0.3, -0.25) is 14.7 Å². The van der Waals surface area contributed by atoms with Gasteiger partial charge in [-0.05, 0) is 39.8 Å². The van der Waals surface area contributed by atoms with Gasteiger partial charge >= 0.3 is 0 Å². The Morgan fingerprint density at radius 1 is 1.09 bits per heavy atom. The molecule has 0 aromatic carbocycles. The lowest BCUT2D eigenvalue weighted by Crippen LogP contribution is -2.64. The molecule has 0 aliphatic carbocycles. The molecule has 124 valence electrons. The van der Waals surface area contributed by atoms with E-state index in [0.29, 0.717) is 18.5 Å². The fraction of sp³-hybridized carbons (Fsp3) is 0.941. The predicted octanol–water partition coefficient (Wildman–Crippen LogP) is 1.16. The Hall–Kier alpha value is -0.670. The van der Waals surface area contributed by atoms with E-state index in [2.05, 4.69) is 34.6 Å². The van der Waals surface area contributed by atoms with Gasteiger partial charge in [0.15, 0.2) is 0 Å². The fourth-order valence-corrected chi connectivity index (χ4v) is 4.27. The molecule has 3 rings (SSSR count). The molecule has 0 aromatic heterocycles. The van der Waals surface area contributed by atoms with Crippen LogP contribution in [0.15, 0.2) is 0 Å². The van der Waals surface area contributed by atoms with Gasteiger partial charge in [-0.1, -0.05) is 0 Å². The van der Waals surface area contributed by atoms with Crippen molar-refractivity contribution in [1.82, 2.24) is 14.7 Å². The molecular weight excluding hydrogens is 276 g/mol.